The average Bonchev–Trinajstić information content (AvgIpc) is 2.61. The van der Waals surface area contributed by atoms with Gasteiger partial charge in [-0.3, -0.25) is 14.9 Å². The Morgan fingerprint density at radius 2 is 1.12 bits per heavy atom. The van der Waals surface area contributed by atoms with E-state index in [4.69, 9.17) is 0 Å². The van der Waals surface area contributed by atoms with Crippen LogP contribution < -0.4 is 10.2 Å². The minimum absolute atomic E-state index is 0. The summed E-state index contributed by atoms with van der Waals surface area (Å²) in [6.07, 6.45) is 2.75. The fraction of sp³-hybridized carbons (Fsp3) is 0.400. The molecule has 12 nitrogen and oxygen atoms in total. The van der Waals surface area contributed by atoms with Gasteiger partial charge in [-0.2, -0.15) is 0 Å². The van der Waals surface area contributed by atoms with Gasteiger partial charge < -0.3 is 47.2 Å². The fourth-order valence-electron chi connectivity index (χ4n) is 2.11. The Morgan fingerprint density at radius 3 is 1.33 bits per heavy atom. The van der Waals surface area contributed by atoms with E-state index in [1.54, 1.807) is 0 Å². The Balaban J connectivity index is -0.000000115. The van der Waals surface area contributed by atoms with Crippen LogP contribution in [0.2, 0.25) is 0 Å². The van der Waals surface area contributed by atoms with Gasteiger partial charge in [-0.1, -0.05) is 12.1 Å². The van der Waals surface area contributed by atoms with Crippen LogP contribution in [0.4, 0.5) is 0 Å². The van der Waals surface area contributed by atoms with E-state index in [1.807, 2.05) is 36.7 Å². The maximum atomic E-state index is 9.50. The van der Waals surface area contributed by atoms with Crippen molar-refractivity contribution in [1.29, 1.82) is 0 Å². The van der Waals surface area contributed by atoms with Crippen molar-refractivity contribution in [3.8, 4) is 0 Å². The van der Waals surface area contributed by atoms with E-state index in [0.29, 0.717) is 0 Å². The molecular weight excluding hydrogens is 485 g/mol. The number of carboxylic acid groups (broad SMARTS) is 2. The van der Waals surface area contributed by atoms with Crippen molar-refractivity contribution in [2.24, 2.45) is 0 Å². The van der Waals surface area contributed by atoms with Gasteiger partial charge >= 0.3 is 16.5 Å². The van der Waals surface area contributed by atoms with Crippen molar-refractivity contribution in [1.82, 2.24) is 14.9 Å². The molecule has 0 aliphatic rings. The third-order valence-electron chi connectivity index (χ3n) is 3.64. The Kier molecular flexibility index (Phi) is 30.4. The number of hydrogen-bond donors (Lipinski definition) is 0. The van der Waals surface area contributed by atoms with Crippen molar-refractivity contribution < 1.29 is 63.7 Å². The molecule has 193 valence electrons. The van der Waals surface area contributed by atoms with E-state index in [1.165, 1.54) is 0 Å². The number of rotatable bonds is 7. The molecule has 0 spiro atoms. The quantitative estimate of drug-likeness (QED) is 0.258. The molecule has 0 bridgehead atoms. The molecule has 0 saturated carbocycles. The van der Waals surface area contributed by atoms with Crippen LogP contribution in [0.3, 0.4) is 0 Å². The van der Waals surface area contributed by atoms with Gasteiger partial charge in [0.2, 0.25) is 0 Å². The summed E-state index contributed by atoms with van der Waals surface area (Å²) in [5.74, 6) is -2.73. The number of nitrogens with zero attached hydrogens (tertiary/aromatic N) is 3. The molecule has 2 aromatic heterocycles. The maximum absolute atomic E-state index is 9.50. The smallest absolute Gasteiger partial charge is 0.550 e. The van der Waals surface area contributed by atoms with E-state index in [0.717, 1.165) is 24.5 Å². The third kappa shape index (κ3) is 21.1. The summed E-state index contributed by atoms with van der Waals surface area (Å²) in [5, 5.41) is 19.0. The summed E-state index contributed by atoms with van der Waals surface area (Å²) < 4.78 is 0. The van der Waals surface area contributed by atoms with Gasteiger partial charge in [0.25, 0.3) is 0 Å². The Morgan fingerprint density at radius 1 is 0.788 bits per heavy atom. The van der Waals surface area contributed by atoms with Crippen molar-refractivity contribution in [2.45, 2.75) is 52.2 Å². The monoisotopic (exact) mass is 521 g/mol. The Labute approximate surface area is 203 Å². The second-order valence-corrected chi connectivity index (χ2v) is 6.91. The minimum Gasteiger partial charge on any atom is -0.550 e. The third-order valence-corrected chi connectivity index (χ3v) is 3.64. The number of pyridine rings is 2. The minimum atomic E-state index is -1.37. The van der Waals surface area contributed by atoms with Crippen LogP contribution in [-0.2, 0) is 50.1 Å². The van der Waals surface area contributed by atoms with E-state index in [9.17, 15) is 19.8 Å². The molecule has 33 heavy (non-hydrogen) atoms. The van der Waals surface area contributed by atoms with Crippen molar-refractivity contribution in [3.63, 3.8) is 0 Å². The molecule has 12 N–H and O–H groups in total. The second kappa shape index (κ2) is 22.7. The van der Waals surface area contributed by atoms with Gasteiger partial charge in [0.15, 0.2) is 0 Å². The number of aliphatic carboxylic acids is 2. The van der Waals surface area contributed by atoms with Crippen LogP contribution in [0.1, 0.15) is 45.0 Å². The van der Waals surface area contributed by atoms with Gasteiger partial charge in [-0.15, -0.1) is 0 Å². The molecule has 0 amide bonds. The van der Waals surface area contributed by atoms with E-state index < -0.39 is 24.8 Å². The van der Waals surface area contributed by atoms with Crippen LogP contribution in [-0.4, -0.2) is 48.8 Å². The van der Waals surface area contributed by atoms with Gasteiger partial charge in [0, 0.05) is 43.0 Å². The molecule has 0 fully saturated rings. The molecule has 0 unspecified atom stereocenters. The van der Waals surface area contributed by atoms with Crippen molar-refractivity contribution in [3.05, 3.63) is 60.2 Å². The van der Waals surface area contributed by atoms with E-state index in [-0.39, 0.29) is 49.4 Å². The average molecular weight is 522 g/mol. The molecule has 13 heteroatoms. The SMILES string of the molecule is CC(C)(C)N(Cc1ccccn1)Cc1ccccn1.O.O.O.O=C([O-])CCC(=O)[O-].[Ni+3].[OH3+].[OH3+]. The zero-order valence-electron chi connectivity index (χ0n) is 18.9. The van der Waals surface area contributed by atoms with Crippen molar-refractivity contribution >= 4 is 11.9 Å². The fourth-order valence-corrected chi connectivity index (χ4v) is 2.11. The van der Waals surface area contributed by atoms with Crippen LogP contribution in [0.25, 0.3) is 0 Å². The van der Waals surface area contributed by atoms with Gasteiger partial charge in [0.1, 0.15) is 0 Å². The number of hydrogen-bond acceptors (Lipinski definition) is 7. The standard InChI is InChI=1S/C16H21N3.C4H6O4.Ni.5H2O/c1-16(2,3)19(12-14-8-4-6-10-17-14)13-15-9-5-7-11-18-15;5-3(6)1-2-4(7)8;;;;;;/h4-11H,12-13H2,1-3H3;1-2H2,(H,5,6)(H,7,8);;5*1H2/q;;+3;;;;;. The molecule has 0 aliphatic carbocycles. The number of carboxylic acids is 2. The summed E-state index contributed by atoms with van der Waals surface area (Å²) in [7, 11) is 0. The molecule has 0 saturated heterocycles. The van der Waals surface area contributed by atoms with Gasteiger partial charge in [-0.05, 0) is 57.9 Å². The molecule has 1 radical (unpaired) electrons. The second-order valence-electron chi connectivity index (χ2n) is 6.91. The van der Waals surface area contributed by atoms with Gasteiger partial charge in [0.05, 0.1) is 11.4 Å². The summed E-state index contributed by atoms with van der Waals surface area (Å²) in [4.78, 5) is 30.2. The summed E-state index contributed by atoms with van der Waals surface area (Å²) in [6.45, 7) is 8.33. The van der Waals surface area contributed by atoms with Crippen LogP contribution in [0.5, 0.6) is 0 Å². The first-order valence-corrected chi connectivity index (χ1v) is 8.63. The number of carbonyl (C=O) groups is 2. The zero-order chi connectivity index (χ0) is 20.3. The Hall–Kier alpha value is -2.51. The molecule has 2 aromatic rings. The van der Waals surface area contributed by atoms with E-state index in [2.05, 4.69) is 47.8 Å². The van der Waals surface area contributed by atoms with Crippen LogP contribution in [0, 0.1) is 0 Å². The van der Waals surface area contributed by atoms with Crippen LogP contribution >= 0.6 is 0 Å². The zero-order valence-corrected chi connectivity index (χ0v) is 19.9. The normalized spacial score (nSPS) is 8.85. The van der Waals surface area contributed by atoms with Crippen LogP contribution in [0.15, 0.2) is 48.8 Å². The molecule has 0 aromatic carbocycles. The molecule has 0 atom stereocenters. The van der Waals surface area contributed by atoms with Gasteiger partial charge in [-0.25, -0.2) is 0 Å². The predicted molar refractivity (Wildman–Crippen MR) is 117 cm³/mol. The molecule has 2 rings (SSSR count). The summed E-state index contributed by atoms with van der Waals surface area (Å²) in [6, 6.07) is 12.1. The molecule has 0 aliphatic heterocycles. The first kappa shape index (κ1) is 44.2. The molecular formula is C20H37N3NiO9+3. The van der Waals surface area contributed by atoms with Crippen molar-refractivity contribution in [2.75, 3.05) is 0 Å². The van der Waals surface area contributed by atoms with E-state index >= 15 is 0 Å². The number of carbonyl (C=O) groups excluding carboxylic acids is 2. The summed E-state index contributed by atoms with van der Waals surface area (Å²) in [5.41, 5.74) is 2.26. The summed E-state index contributed by atoms with van der Waals surface area (Å²) >= 11 is 0. The first-order chi connectivity index (χ1) is 12.7. The predicted octanol–water partition coefficient (Wildman–Crippen LogP) is -3.78. The molecule has 2 heterocycles. The largest absolute Gasteiger partial charge is 3.00 e. The number of aromatic nitrogens is 2. The Bertz CT molecular complexity index is 662. The maximum Gasteiger partial charge on any atom is 3.00 e. The topological polar surface area (TPSA) is 270 Å². The first-order valence-electron chi connectivity index (χ1n) is 8.63.